The number of nitrogens with two attached hydrogens (primary N) is 1. The van der Waals surface area contributed by atoms with Crippen LogP contribution in [0.4, 0.5) is 32.2 Å². The summed E-state index contributed by atoms with van der Waals surface area (Å²) in [6.07, 6.45) is 0.828. The third kappa shape index (κ3) is 4.05. The first-order valence-electron chi connectivity index (χ1n) is 8.12. The zero-order valence-corrected chi connectivity index (χ0v) is 14.3. The second kappa shape index (κ2) is 7.34. The number of rotatable bonds is 6. The fourth-order valence-electron chi connectivity index (χ4n) is 2.49. The van der Waals surface area contributed by atoms with Gasteiger partial charge in [0.05, 0.1) is 6.04 Å². The minimum Gasteiger partial charge on any atom is -0.368 e. The van der Waals surface area contributed by atoms with Crippen molar-refractivity contribution < 1.29 is 8.78 Å². The Morgan fingerprint density at radius 2 is 1.88 bits per heavy atom. The highest BCUT2D eigenvalue weighted by Crippen LogP contribution is 2.24. The van der Waals surface area contributed by atoms with Crippen LogP contribution in [0.25, 0.3) is 0 Å². The molecule has 26 heavy (non-hydrogen) atoms. The summed E-state index contributed by atoms with van der Waals surface area (Å²) in [4.78, 5) is 8.21. The van der Waals surface area contributed by atoms with E-state index >= 15 is 0 Å². The molecule has 0 radical (unpaired) electrons. The number of aryl methyl sites for hydroxylation is 1. The van der Waals surface area contributed by atoms with Gasteiger partial charge < -0.3 is 16.4 Å². The molecule has 0 saturated heterocycles. The van der Waals surface area contributed by atoms with E-state index in [9.17, 15) is 8.78 Å². The maximum absolute atomic E-state index is 13.9. The van der Waals surface area contributed by atoms with Crippen molar-refractivity contribution in [3.05, 3.63) is 53.2 Å². The number of aromatic amines is 1. The number of hydrogen-bond acceptors (Lipinski definition) is 6. The van der Waals surface area contributed by atoms with E-state index in [0.29, 0.717) is 23.0 Å². The Hall–Kier alpha value is -3.23. The number of nitrogen functional groups attached to an aromatic ring is 1. The van der Waals surface area contributed by atoms with Crippen molar-refractivity contribution in [1.82, 2.24) is 20.2 Å². The van der Waals surface area contributed by atoms with E-state index in [2.05, 4.69) is 30.8 Å². The topological polar surface area (TPSA) is 105 Å². The number of nitrogens with zero attached hydrogens (tertiary/aromatic N) is 3. The van der Waals surface area contributed by atoms with E-state index in [0.717, 1.165) is 18.2 Å². The molecule has 0 aliphatic heterocycles. The van der Waals surface area contributed by atoms with Crippen molar-refractivity contribution in [2.24, 2.45) is 0 Å². The Kier molecular flexibility index (Phi) is 4.97. The largest absolute Gasteiger partial charge is 0.368 e. The lowest BCUT2D eigenvalue weighted by Gasteiger charge is -2.16. The summed E-state index contributed by atoms with van der Waals surface area (Å²) >= 11 is 0. The van der Waals surface area contributed by atoms with Crippen LogP contribution in [0, 0.1) is 11.6 Å². The number of nitrogens with one attached hydrogen (secondary N) is 3. The quantitative estimate of drug-likeness (QED) is 0.537. The SMILES string of the molecule is CCc1cc(Nc2cc(NC(C)c3ccc(F)cc3F)nc(N)n2)n[nH]1. The van der Waals surface area contributed by atoms with Crippen LogP contribution in [0.2, 0.25) is 0 Å². The maximum atomic E-state index is 13.9. The molecule has 2 aromatic heterocycles. The van der Waals surface area contributed by atoms with Gasteiger partial charge in [-0.25, -0.2) is 8.78 Å². The van der Waals surface area contributed by atoms with Crippen LogP contribution >= 0.6 is 0 Å². The molecule has 0 bridgehead atoms. The first-order chi connectivity index (χ1) is 12.4. The van der Waals surface area contributed by atoms with Crippen molar-refractivity contribution in [3.63, 3.8) is 0 Å². The molecular weight excluding hydrogens is 340 g/mol. The lowest BCUT2D eigenvalue weighted by molar-refractivity contribution is 0.566. The van der Waals surface area contributed by atoms with Crippen LogP contribution in [0.15, 0.2) is 30.3 Å². The molecule has 7 nitrogen and oxygen atoms in total. The van der Waals surface area contributed by atoms with Gasteiger partial charge in [0, 0.05) is 29.5 Å². The molecular formula is C17H19F2N7. The zero-order chi connectivity index (χ0) is 18.7. The molecule has 0 aliphatic rings. The second-order valence-electron chi connectivity index (χ2n) is 5.79. The average Bonchev–Trinajstić information content (AvgIpc) is 3.01. The molecule has 136 valence electrons. The van der Waals surface area contributed by atoms with Crippen LogP contribution in [-0.2, 0) is 6.42 Å². The molecule has 1 aromatic carbocycles. The summed E-state index contributed by atoms with van der Waals surface area (Å²) in [5.74, 6) is 0.248. The Morgan fingerprint density at radius 1 is 1.12 bits per heavy atom. The number of hydrogen-bond donors (Lipinski definition) is 4. The molecule has 0 spiro atoms. The Bertz CT molecular complexity index is 910. The van der Waals surface area contributed by atoms with Crippen LogP contribution in [-0.4, -0.2) is 20.2 Å². The van der Waals surface area contributed by atoms with Gasteiger partial charge in [-0.1, -0.05) is 13.0 Å². The molecule has 0 saturated carbocycles. The predicted molar refractivity (Wildman–Crippen MR) is 96.1 cm³/mol. The molecule has 3 rings (SSSR count). The number of H-pyrrole nitrogens is 1. The third-order valence-electron chi connectivity index (χ3n) is 3.80. The van der Waals surface area contributed by atoms with E-state index < -0.39 is 17.7 Å². The summed E-state index contributed by atoms with van der Waals surface area (Å²) in [5.41, 5.74) is 7.05. The van der Waals surface area contributed by atoms with E-state index in [1.165, 1.54) is 12.1 Å². The fraction of sp³-hybridized carbons (Fsp3) is 0.235. The lowest BCUT2D eigenvalue weighted by Crippen LogP contribution is -2.12. The summed E-state index contributed by atoms with van der Waals surface area (Å²) in [6, 6.07) is 6.49. The standard InChI is InChI=1S/C17H19F2N7/c1-3-11-7-16(26-25-11)22-15-8-14(23-17(20)24-15)21-9(2)12-5-4-10(18)6-13(12)19/h4-9H,3H2,1-2H3,(H5,20,21,22,23,24,25,26). The van der Waals surface area contributed by atoms with Crippen molar-refractivity contribution in [3.8, 4) is 0 Å². The normalized spacial score (nSPS) is 12.0. The van der Waals surface area contributed by atoms with Gasteiger partial charge in [0.25, 0.3) is 0 Å². The minimum absolute atomic E-state index is 0.0514. The number of benzene rings is 1. The Morgan fingerprint density at radius 3 is 2.58 bits per heavy atom. The summed E-state index contributed by atoms with van der Waals surface area (Å²) in [5, 5.41) is 13.1. The summed E-state index contributed by atoms with van der Waals surface area (Å²) in [6.45, 7) is 3.75. The van der Waals surface area contributed by atoms with Crippen molar-refractivity contribution >= 4 is 23.4 Å². The van der Waals surface area contributed by atoms with E-state index in [-0.39, 0.29) is 5.95 Å². The number of halogens is 2. The van der Waals surface area contributed by atoms with Crippen LogP contribution < -0.4 is 16.4 Å². The van der Waals surface area contributed by atoms with Gasteiger partial charge in [-0.15, -0.1) is 0 Å². The van der Waals surface area contributed by atoms with Gasteiger partial charge >= 0.3 is 0 Å². The fourth-order valence-corrected chi connectivity index (χ4v) is 2.49. The molecule has 1 unspecified atom stereocenters. The smallest absolute Gasteiger partial charge is 0.223 e. The first kappa shape index (κ1) is 17.6. The highest BCUT2D eigenvalue weighted by molar-refractivity contribution is 5.58. The highest BCUT2D eigenvalue weighted by Gasteiger charge is 2.13. The molecule has 3 aromatic rings. The molecule has 0 aliphatic carbocycles. The molecule has 1 atom stereocenters. The molecule has 0 amide bonds. The zero-order valence-electron chi connectivity index (χ0n) is 14.3. The predicted octanol–water partition coefficient (Wildman–Crippen LogP) is 3.54. The average molecular weight is 359 g/mol. The first-order valence-corrected chi connectivity index (χ1v) is 8.12. The van der Waals surface area contributed by atoms with E-state index in [4.69, 9.17) is 5.73 Å². The van der Waals surface area contributed by atoms with Gasteiger partial charge in [0.2, 0.25) is 5.95 Å². The Balaban J connectivity index is 1.78. The lowest BCUT2D eigenvalue weighted by atomic mass is 10.1. The number of anilines is 4. The van der Waals surface area contributed by atoms with Gasteiger partial charge in [-0.2, -0.15) is 15.1 Å². The molecule has 2 heterocycles. The number of aromatic nitrogens is 4. The van der Waals surface area contributed by atoms with Gasteiger partial charge in [-0.3, -0.25) is 5.10 Å². The van der Waals surface area contributed by atoms with E-state index in [1.54, 1.807) is 13.0 Å². The van der Waals surface area contributed by atoms with Crippen LogP contribution in [0.3, 0.4) is 0 Å². The maximum Gasteiger partial charge on any atom is 0.223 e. The van der Waals surface area contributed by atoms with Gasteiger partial charge in [0.15, 0.2) is 5.82 Å². The molecule has 9 heteroatoms. The summed E-state index contributed by atoms with van der Waals surface area (Å²) in [7, 11) is 0. The van der Waals surface area contributed by atoms with Crippen molar-refractivity contribution in [2.45, 2.75) is 26.3 Å². The van der Waals surface area contributed by atoms with Gasteiger partial charge in [0.1, 0.15) is 23.3 Å². The minimum atomic E-state index is -0.631. The molecule has 5 N–H and O–H groups in total. The van der Waals surface area contributed by atoms with Crippen molar-refractivity contribution in [2.75, 3.05) is 16.4 Å². The van der Waals surface area contributed by atoms with Crippen LogP contribution in [0.5, 0.6) is 0 Å². The van der Waals surface area contributed by atoms with Crippen molar-refractivity contribution in [1.29, 1.82) is 0 Å². The third-order valence-corrected chi connectivity index (χ3v) is 3.80. The monoisotopic (exact) mass is 359 g/mol. The van der Waals surface area contributed by atoms with Crippen LogP contribution in [0.1, 0.15) is 31.1 Å². The highest BCUT2D eigenvalue weighted by atomic mass is 19.1. The Labute approximate surface area is 149 Å². The van der Waals surface area contributed by atoms with E-state index in [1.807, 2.05) is 13.0 Å². The summed E-state index contributed by atoms with van der Waals surface area (Å²) < 4.78 is 27.0. The molecule has 0 fully saturated rings. The van der Waals surface area contributed by atoms with Gasteiger partial charge in [-0.05, 0) is 19.4 Å². The second-order valence-corrected chi connectivity index (χ2v) is 5.79.